The lowest BCUT2D eigenvalue weighted by atomic mass is 9.99. The third kappa shape index (κ3) is 6.25. The summed E-state index contributed by atoms with van der Waals surface area (Å²) in [5.41, 5.74) is 10.6. The van der Waals surface area contributed by atoms with Gasteiger partial charge in [0.05, 0.1) is 7.11 Å². The summed E-state index contributed by atoms with van der Waals surface area (Å²) >= 11 is 6.07. The lowest BCUT2D eigenvalue weighted by Gasteiger charge is -2.24. The van der Waals surface area contributed by atoms with Crippen LogP contribution < -0.4 is 15.2 Å². The summed E-state index contributed by atoms with van der Waals surface area (Å²) in [6, 6.07) is 30.9. The van der Waals surface area contributed by atoms with Gasteiger partial charge < -0.3 is 20.1 Å². The van der Waals surface area contributed by atoms with Gasteiger partial charge in [0, 0.05) is 30.2 Å². The number of hydrogen-bond donors (Lipinski definition) is 1. The highest BCUT2D eigenvalue weighted by molar-refractivity contribution is 6.30. The Bertz CT molecular complexity index is 1290. The Labute approximate surface area is 217 Å². The first-order valence-electron chi connectivity index (χ1n) is 11.8. The molecule has 0 aliphatic heterocycles. The molecule has 36 heavy (non-hydrogen) atoms. The van der Waals surface area contributed by atoms with Crippen LogP contribution in [0.2, 0.25) is 5.02 Å². The highest BCUT2D eigenvalue weighted by atomic mass is 35.5. The summed E-state index contributed by atoms with van der Waals surface area (Å²) in [6.07, 6.45) is 0. The van der Waals surface area contributed by atoms with Gasteiger partial charge in [-0.1, -0.05) is 78.3 Å². The van der Waals surface area contributed by atoms with Crippen molar-refractivity contribution >= 4 is 17.5 Å². The molecule has 2 N–H and O–H groups in total. The normalized spacial score (nSPS) is 10.6. The lowest BCUT2D eigenvalue weighted by Crippen LogP contribution is -2.35. The topological polar surface area (TPSA) is 64.8 Å². The number of nitrogens with two attached hydrogens (primary N) is 1. The van der Waals surface area contributed by atoms with Crippen molar-refractivity contribution in [1.82, 2.24) is 4.90 Å². The van der Waals surface area contributed by atoms with Gasteiger partial charge in [-0.05, 0) is 52.6 Å². The first-order chi connectivity index (χ1) is 17.6. The third-order valence-corrected chi connectivity index (χ3v) is 6.12. The molecule has 4 rings (SSSR count). The molecule has 0 saturated heterocycles. The van der Waals surface area contributed by atoms with E-state index < -0.39 is 0 Å². The lowest BCUT2D eigenvalue weighted by molar-refractivity contribution is 0.0748. The maximum atomic E-state index is 13.5. The Balaban J connectivity index is 1.55. The van der Waals surface area contributed by atoms with Crippen LogP contribution in [0, 0.1) is 0 Å². The molecule has 0 atom stereocenters. The molecule has 0 aromatic heterocycles. The molecular weight excluding hydrogens is 472 g/mol. The number of ether oxygens (including phenoxy) is 2. The second-order valence-corrected chi connectivity index (χ2v) is 8.76. The number of nitrogens with zero attached hydrogens (tertiary/aromatic N) is 1. The van der Waals surface area contributed by atoms with E-state index in [2.05, 4.69) is 0 Å². The number of carbonyl (C=O) groups is 1. The van der Waals surface area contributed by atoms with Crippen LogP contribution in [0.4, 0.5) is 0 Å². The fourth-order valence-corrected chi connectivity index (χ4v) is 4.15. The number of hydrogen-bond acceptors (Lipinski definition) is 4. The highest BCUT2D eigenvalue weighted by Crippen LogP contribution is 2.30. The Morgan fingerprint density at radius 3 is 2.33 bits per heavy atom. The second-order valence-electron chi connectivity index (χ2n) is 8.32. The van der Waals surface area contributed by atoms with Crippen molar-refractivity contribution in [1.29, 1.82) is 0 Å². The number of rotatable bonds is 10. The molecule has 0 aliphatic rings. The monoisotopic (exact) mass is 500 g/mol. The van der Waals surface area contributed by atoms with E-state index in [0.29, 0.717) is 48.3 Å². The van der Waals surface area contributed by atoms with Crippen molar-refractivity contribution in [2.24, 2.45) is 5.73 Å². The Hall–Kier alpha value is -3.80. The van der Waals surface area contributed by atoms with Crippen molar-refractivity contribution in [3.05, 3.63) is 119 Å². The van der Waals surface area contributed by atoms with Gasteiger partial charge in [-0.25, -0.2) is 0 Å². The van der Waals surface area contributed by atoms with Gasteiger partial charge in [0.25, 0.3) is 5.91 Å². The van der Waals surface area contributed by atoms with E-state index in [0.717, 1.165) is 22.3 Å². The predicted molar refractivity (Wildman–Crippen MR) is 144 cm³/mol. The fraction of sp³-hybridized carbons (Fsp3) is 0.167. The summed E-state index contributed by atoms with van der Waals surface area (Å²) in [6.45, 7) is 1.60. The van der Waals surface area contributed by atoms with Crippen LogP contribution in [0.25, 0.3) is 11.1 Å². The van der Waals surface area contributed by atoms with Crippen LogP contribution in [0.3, 0.4) is 0 Å². The molecule has 0 heterocycles. The van der Waals surface area contributed by atoms with Crippen LogP contribution in [-0.4, -0.2) is 31.0 Å². The van der Waals surface area contributed by atoms with Crippen LogP contribution in [0.15, 0.2) is 97.1 Å². The predicted octanol–water partition coefficient (Wildman–Crippen LogP) is 6.20. The molecule has 0 fully saturated rings. The molecule has 1 amide bonds. The van der Waals surface area contributed by atoms with Crippen LogP contribution in [0.1, 0.15) is 21.5 Å². The maximum Gasteiger partial charge on any atom is 0.254 e. The second kappa shape index (κ2) is 12.2. The van der Waals surface area contributed by atoms with Crippen molar-refractivity contribution in [2.75, 3.05) is 20.2 Å². The van der Waals surface area contributed by atoms with Gasteiger partial charge in [-0.2, -0.15) is 0 Å². The van der Waals surface area contributed by atoms with Crippen LogP contribution >= 0.6 is 11.6 Å². The average molecular weight is 501 g/mol. The van der Waals surface area contributed by atoms with Gasteiger partial charge in [-0.3, -0.25) is 4.79 Å². The van der Waals surface area contributed by atoms with E-state index in [4.69, 9.17) is 26.8 Å². The minimum absolute atomic E-state index is 0.126. The first kappa shape index (κ1) is 25.3. The molecule has 0 bridgehead atoms. The summed E-state index contributed by atoms with van der Waals surface area (Å²) in [4.78, 5) is 15.3. The summed E-state index contributed by atoms with van der Waals surface area (Å²) in [5, 5.41) is 0.682. The minimum Gasteiger partial charge on any atom is -0.493 e. The SMILES string of the molecule is COc1cc(C(=O)N(CCN)Cc2ccccc2-c2ccc(Cl)cc2)ccc1OCc1ccccc1. The van der Waals surface area contributed by atoms with Crippen molar-refractivity contribution in [3.63, 3.8) is 0 Å². The van der Waals surface area contributed by atoms with E-state index in [1.165, 1.54) is 0 Å². The zero-order chi connectivity index (χ0) is 25.3. The molecule has 0 radical (unpaired) electrons. The zero-order valence-electron chi connectivity index (χ0n) is 20.2. The average Bonchev–Trinajstić information content (AvgIpc) is 2.92. The zero-order valence-corrected chi connectivity index (χ0v) is 20.9. The number of carbonyl (C=O) groups excluding carboxylic acids is 1. The fourth-order valence-electron chi connectivity index (χ4n) is 4.02. The largest absolute Gasteiger partial charge is 0.493 e. The molecule has 0 spiro atoms. The van der Waals surface area contributed by atoms with Gasteiger partial charge in [0.15, 0.2) is 11.5 Å². The van der Waals surface area contributed by atoms with E-state index in [1.54, 1.807) is 30.2 Å². The minimum atomic E-state index is -0.126. The van der Waals surface area contributed by atoms with Crippen molar-refractivity contribution in [3.8, 4) is 22.6 Å². The van der Waals surface area contributed by atoms with E-state index in [-0.39, 0.29) is 5.91 Å². The van der Waals surface area contributed by atoms with Gasteiger partial charge in [-0.15, -0.1) is 0 Å². The Morgan fingerprint density at radius 2 is 1.61 bits per heavy atom. The quantitative estimate of drug-likeness (QED) is 0.282. The van der Waals surface area contributed by atoms with E-state index in [1.807, 2.05) is 78.9 Å². The molecule has 0 saturated carbocycles. The van der Waals surface area contributed by atoms with Crippen LogP contribution in [0.5, 0.6) is 11.5 Å². The van der Waals surface area contributed by atoms with Crippen molar-refractivity contribution in [2.45, 2.75) is 13.2 Å². The maximum absolute atomic E-state index is 13.5. The van der Waals surface area contributed by atoms with Crippen LogP contribution in [-0.2, 0) is 13.2 Å². The molecule has 5 nitrogen and oxygen atoms in total. The Kier molecular flexibility index (Phi) is 8.61. The highest BCUT2D eigenvalue weighted by Gasteiger charge is 2.19. The van der Waals surface area contributed by atoms with E-state index >= 15 is 0 Å². The van der Waals surface area contributed by atoms with Crippen molar-refractivity contribution < 1.29 is 14.3 Å². The molecule has 4 aromatic carbocycles. The molecule has 4 aromatic rings. The summed E-state index contributed by atoms with van der Waals surface area (Å²) in [7, 11) is 1.57. The number of halogens is 1. The van der Waals surface area contributed by atoms with Gasteiger partial charge in [0.2, 0.25) is 0 Å². The molecule has 0 unspecified atom stereocenters. The number of methoxy groups -OCH3 is 1. The smallest absolute Gasteiger partial charge is 0.254 e. The van der Waals surface area contributed by atoms with Gasteiger partial charge in [0.1, 0.15) is 6.61 Å². The summed E-state index contributed by atoms with van der Waals surface area (Å²) < 4.78 is 11.5. The number of amides is 1. The number of benzene rings is 4. The molecule has 6 heteroatoms. The van der Waals surface area contributed by atoms with Gasteiger partial charge >= 0.3 is 0 Å². The first-order valence-corrected chi connectivity index (χ1v) is 12.1. The molecule has 184 valence electrons. The Morgan fingerprint density at radius 1 is 0.889 bits per heavy atom. The standard InChI is InChI=1S/C30H29ClN2O3/c1-35-29-19-24(13-16-28(29)36-21-22-7-3-2-4-8-22)30(34)33(18-17-32)20-25-9-5-6-10-27(25)23-11-14-26(31)15-12-23/h2-16,19H,17-18,20-21,32H2,1H3. The summed E-state index contributed by atoms with van der Waals surface area (Å²) in [5.74, 6) is 0.960. The third-order valence-electron chi connectivity index (χ3n) is 5.87. The van der Waals surface area contributed by atoms with E-state index in [9.17, 15) is 4.79 Å². The molecular formula is C30H29ClN2O3. The molecule has 0 aliphatic carbocycles.